The lowest BCUT2D eigenvalue weighted by Crippen LogP contribution is -2.26. The van der Waals surface area contributed by atoms with Gasteiger partial charge < -0.3 is 0 Å². The molecule has 15 heavy (non-hydrogen) atoms. The Labute approximate surface area is 101 Å². The van der Waals surface area contributed by atoms with E-state index in [0.29, 0.717) is 16.6 Å². The Balaban J connectivity index is 2.69. The van der Waals surface area contributed by atoms with Gasteiger partial charge in [0.2, 0.25) is 0 Å². The fourth-order valence-electron chi connectivity index (χ4n) is 1.25. The van der Waals surface area contributed by atoms with Crippen LogP contribution >= 0.6 is 23.2 Å². The number of hydrogen-bond acceptors (Lipinski definition) is 1. The highest BCUT2D eigenvalue weighted by molar-refractivity contribution is 6.35. The van der Waals surface area contributed by atoms with Crippen LogP contribution in [0.3, 0.4) is 0 Å². The largest absolute Gasteiger partial charge is 0.299 e. The molecule has 0 amide bonds. The molecule has 0 saturated carbocycles. The smallest absolute Gasteiger partial charge is 0.0686 e. The molecule has 0 aliphatic heterocycles. The third kappa shape index (κ3) is 3.43. The molecule has 1 unspecified atom stereocenters. The molecule has 0 heterocycles. The molecule has 0 fully saturated rings. The highest BCUT2D eigenvalue weighted by atomic mass is 35.5. The Morgan fingerprint density at radius 1 is 1.40 bits per heavy atom. The van der Waals surface area contributed by atoms with Gasteiger partial charge in [0.25, 0.3) is 0 Å². The molecule has 0 bridgehead atoms. The Kier molecular flexibility index (Phi) is 4.98. The first-order valence-corrected chi connectivity index (χ1v) is 5.57. The summed E-state index contributed by atoms with van der Waals surface area (Å²) in [5, 5.41) is 4.55. The van der Waals surface area contributed by atoms with Gasteiger partial charge in [0.15, 0.2) is 0 Å². The summed E-state index contributed by atoms with van der Waals surface area (Å²) in [6, 6.07) is 5.53. The second kappa shape index (κ2) is 6.02. The van der Waals surface area contributed by atoms with Gasteiger partial charge >= 0.3 is 0 Å². The lowest BCUT2D eigenvalue weighted by Gasteiger charge is -2.12. The standard InChI is InChI=1S/C12H13Cl2N/c1-3-9(4-2)15-8-10-11(13)6-5-7-12(10)14/h1,5-7,9,15H,4,8H2,2H3. The van der Waals surface area contributed by atoms with Crippen LogP contribution in [-0.2, 0) is 6.54 Å². The molecule has 0 aliphatic rings. The van der Waals surface area contributed by atoms with Gasteiger partial charge in [0, 0.05) is 22.2 Å². The molecule has 1 aromatic rings. The minimum atomic E-state index is 0.0670. The SMILES string of the molecule is C#CC(CC)NCc1c(Cl)cccc1Cl. The minimum Gasteiger partial charge on any atom is -0.299 e. The monoisotopic (exact) mass is 241 g/mol. The fraction of sp³-hybridized carbons (Fsp3) is 0.333. The average Bonchev–Trinajstić information content (AvgIpc) is 2.23. The molecular formula is C12H13Cl2N. The number of hydrogen-bond donors (Lipinski definition) is 1. The summed E-state index contributed by atoms with van der Waals surface area (Å²) in [5.41, 5.74) is 0.898. The number of halogens is 2. The maximum Gasteiger partial charge on any atom is 0.0686 e. The van der Waals surface area contributed by atoms with Crippen molar-refractivity contribution in [3.63, 3.8) is 0 Å². The van der Waals surface area contributed by atoms with Crippen molar-refractivity contribution in [1.29, 1.82) is 0 Å². The van der Waals surface area contributed by atoms with Crippen LogP contribution in [0, 0.1) is 12.3 Å². The van der Waals surface area contributed by atoms with Crippen molar-refractivity contribution < 1.29 is 0 Å². The van der Waals surface area contributed by atoms with Gasteiger partial charge in [0.1, 0.15) is 0 Å². The quantitative estimate of drug-likeness (QED) is 0.797. The van der Waals surface area contributed by atoms with Crippen LogP contribution in [0.1, 0.15) is 18.9 Å². The Morgan fingerprint density at radius 3 is 2.47 bits per heavy atom. The van der Waals surface area contributed by atoms with E-state index in [4.69, 9.17) is 29.6 Å². The van der Waals surface area contributed by atoms with E-state index >= 15 is 0 Å². The van der Waals surface area contributed by atoms with E-state index in [9.17, 15) is 0 Å². The lowest BCUT2D eigenvalue weighted by atomic mass is 10.2. The molecule has 1 rings (SSSR count). The Hall–Kier alpha value is -0.680. The van der Waals surface area contributed by atoms with Crippen molar-refractivity contribution in [2.75, 3.05) is 0 Å². The maximum absolute atomic E-state index is 6.02. The molecule has 80 valence electrons. The molecule has 0 spiro atoms. The third-order valence-corrected chi connectivity index (χ3v) is 2.90. The second-order valence-corrected chi connectivity index (χ2v) is 4.02. The summed E-state index contributed by atoms with van der Waals surface area (Å²) < 4.78 is 0. The third-order valence-electron chi connectivity index (χ3n) is 2.20. The van der Waals surface area contributed by atoms with Crippen LogP contribution in [0.15, 0.2) is 18.2 Å². The van der Waals surface area contributed by atoms with E-state index in [-0.39, 0.29) is 6.04 Å². The van der Waals surface area contributed by atoms with Crippen LogP contribution in [-0.4, -0.2) is 6.04 Å². The normalized spacial score (nSPS) is 12.1. The van der Waals surface area contributed by atoms with Crippen molar-refractivity contribution in [1.82, 2.24) is 5.32 Å². The first-order chi connectivity index (χ1) is 7.19. The van der Waals surface area contributed by atoms with Gasteiger partial charge in [-0.15, -0.1) is 6.42 Å². The van der Waals surface area contributed by atoms with E-state index in [1.807, 2.05) is 25.1 Å². The molecule has 0 saturated heterocycles. The maximum atomic E-state index is 6.02. The van der Waals surface area contributed by atoms with Gasteiger partial charge in [-0.05, 0) is 18.6 Å². The van der Waals surface area contributed by atoms with Crippen LogP contribution < -0.4 is 5.32 Å². The molecule has 1 atom stereocenters. The first-order valence-electron chi connectivity index (χ1n) is 4.81. The number of benzene rings is 1. The molecule has 1 nitrogen and oxygen atoms in total. The predicted molar refractivity (Wildman–Crippen MR) is 66.2 cm³/mol. The molecule has 0 aromatic heterocycles. The van der Waals surface area contributed by atoms with E-state index in [1.165, 1.54) is 0 Å². The van der Waals surface area contributed by atoms with Crippen molar-refractivity contribution >= 4 is 23.2 Å². The van der Waals surface area contributed by atoms with Gasteiger partial charge in [-0.3, -0.25) is 5.32 Å². The summed E-state index contributed by atoms with van der Waals surface area (Å²) in [7, 11) is 0. The van der Waals surface area contributed by atoms with E-state index in [0.717, 1.165) is 12.0 Å². The molecule has 1 aromatic carbocycles. The number of rotatable bonds is 4. The lowest BCUT2D eigenvalue weighted by molar-refractivity contribution is 0.593. The van der Waals surface area contributed by atoms with Crippen LogP contribution in [0.5, 0.6) is 0 Å². The first kappa shape index (κ1) is 12.4. The van der Waals surface area contributed by atoms with Crippen LogP contribution in [0.25, 0.3) is 0 Å². The highest BCUT2D eigenvalue weighted by Gasteiger charge is 2.07. The zero-order chi connectivity index (χ0) is 11.3. The highest BCUT2D eigenvalue weighted by Crippen LogP contribution is 2.23. The van der Waals surface area contributed by atoms with Crippen molar-refractivity contribution in [2.45, 2.75) is 25.9 Å². The van der Waals surface area contributed by atoms with Gasteiger partial charge in [-0.25, -0.2) is 0 Å². The second-order valence-electron chi connectivity index (χ2n) is 3.21. The topological polar surface area (TPSA) is 12.0 Å². The number of terminal acetylenes is 1. The molecule has 1 N–H and O–H groups in total. The average molecular weight is 242 g/mol. The molecular weight excluding hydrogens is 229 g/mol. The number of nitrogens with one attached hydrogen (secondary N) is 1. The molecule has 0 aliphatic carbocycles. The minimum absolute atomic E-state index is 0.0670. The molecule has 3 heteroatoms. The van der Waals surface area contributed by atoms with E-state index < -0.39 is 0 Å². The van der Waals surface area contributed by atoms with Crippen LogP contribution in [0.2, 0.25) is 10.0 Å². The van der Waals surface area contributed by atoms with Gasteiger partial charge in [0.05, 0.1) is 6.04 Å². The summed E-state index contributed by atoms with van der Waals surface area (Å²) in [4.78, 5) is 0. The van der Waals surface area contributed by atoms with Gasteiger partial charge in [-0.1, -0.05) is 42.1 Å². The van der Waals surface area contributed by atoms with Gasteiger partial charge in [-0.2, -0.15) is 0 Å². The summed E-state index contributed by atoms with van der Waals surface area (Å²) >= 11 is 12.0. The summed E-state index contributed by atoms with van der Waals surface area (Å²) in [6.07, 6.45) is 6.23. The predicted octanol–water partition coefficient (Wildman–Crippen LogP) is 3.49. The molecule has 0 radical (unpaired) electrons. The Morgan fingerprint density at radius 2 is 2.00 bits per heavy atom. The Bertz CT molecular complexity index is 348. The van der Waals surface area contributed by atoms with E-state index in [2.05, 4.69) is 11.2 Å². The zero-order valence-corrected chi connectivity index (χ0v) is 10.1. The summed E-state index contributed by atoms with van der Waals surface area (Å²) in [6.45, 7) is 2.63. The fourth-order valence-corrected chi connectivity index (χ4v) is 1.78. The van der Waals surface area contributed by atoms with Crippen molar-refractivity contribution in [2.24, 2.45) is 0 Å². The van der Waals surface area contributed by atoms with Crippen molar-refractivity contribution in [3.8, 4) is 12.3 Å². The zero-order valence-electron chi connectivity index (χ0n) is 8.56. The van der Waals surface area contributed by atoms with Crippen molar-refractivity contribution in [3.05, 3.63) is 33.8 Å². The van der Waals surface area contributed by atoms with Crippen LogP contribution in [0.4, 0.5) is 0 Å². The summed E-state index contributed by atoms with van der Waals surface area (Å²) in [5.74, 6) is 2.66. The van der Waals surface area contributed by atoms with E-state index in [1.54, 1.807) is 0 Å².